The molecule has 3 fully saturated rings. The maximum absolute atomic E-state index is 14.1. The molecule has 1 unspecified atom stereocenters. The van der Waals surface area contributed by atoms with Crippen LogP contribution in [-0.4, -0.2) is 125 Å². The summed E-state index contributed by atoms with van der Waals surface area (Å²) in [6.07, 6.45) is 4.74. The number of aromatic nitrogens is 2. The van der Waals surface area contributed by atoms with Crippen LogP contribution in [0.25, 0.3) is 11.3 Å². The number of thioether (sulfide) groups is 1. The number of benzene rings is 1. The van der Waals surface area contributed by atoms with Crippen molar-refractivity contribution in [1.82, 2.24) is 28.8 Å². The average molecular weight is 699 g/mol. The van der Waals surface area contributed by atoms with Gasteiger partial charge in [0.2, 0.25) is 10.0 Å². The molecule has 0 bridgehead atoms. The van der Waals surface area contributed by atoms with Crippen LogP contribution in [0.15, 0.2) is 23.1 Å². The van der Waals surface area contributed by atoms with E-state index < -0.39 is 27.9 Å². The van der Waals surface area contributed by atoms with Crippen LogP contribution in [0, 0.1) is 0 Å². The van der Waals surface area contributed by atoms with Crippen LogP contribution in [0.3, 0.4) is 0 Å². The predicted molar refractivity (Wildman–Crippen MR) is 179 cm³/mol. The van der Waals surface area contributed by atoms with Gasteiger partial charge in [-0.1, -0.05) is 12.5 Å². The molecule has 0 aliphatic carbocycles. The summed E-state index contributed by atoms with van der Waals surface area (Å²) in [6, 6.07) is 4.75. The zero-order chi connectivity index (χ0) is 33.2. The fourth-order valence-electron chi connectivity index (χ4n) is 7.75. The third kappa shape index (κ3) is 8.74. The summed E-state index contributed by atoms with van der Waals surface area (Å²) in [5.41, 5.74) is 1.88. The second kappa shape index (κ2) is 15.1. The lowest BCUT2D eigenvalue weighted by Crippen LogP contribution is -2.48. The number of halogens is 3. The summed E-state index contributed by atoms with van der Waals surface area (Å²) in [5.74, 6) is 0.544. The second-order valence-electron chi connectivity index (χ2n) is 13.7. The summed E-state index contributed by atoms with van der Waals surface area (Å²) in [5, 5.41) is 16.1. The van der Waals surface area contributed by atoms with Gasteiger partial charge < -0.3 is 19.8 Å². The van der Waals surface area contributed by atoms with Crippen molar-refractivity contribution in [2.24, 2.45) is 0 Å². The number of aliphatic hydroxyl groups is 1. The summed E-state index contributed by atoms with van der Waals surface area (Å²) in [6.45, 7) is 8.10. The first-order valence-electron chi connectivity index (χ1n) is 17.2. The number of alkyl halides is 3. The van der Waals surface area contributed by atoms with E-state index in [9.17, 15) is 26.7 Å². The molecule has 4 aliphatic rings. The molecular weight excluding hydrogens is 650 g/mol. The molecule has 47 heavy (non-hydrogen) atoms. The van der Waals surface area contributed by atoms with Gasteiger partial charge >= 0.3 is 6.18 Å². The highest BCUT2D eigenvalue weighted by molar-refractivity contribution is 7.99. The molecule has 0 saturated carbocycles. The molecule has 1 N–H and O–H groups in total. The van der Waals surface area contributed by atoms with E-state index in [4.69, 9.17) is 5.10 Å². The number of hydrogen-bond donors (Lipinski definition) is 1. The molecule has 14 heteroatoms. The molecular formula is C33H49F3N6O3S2. The number of rotatable bonds is 11. The largest absolute Gasteiger partial charge is 0.417 e. The normalized spacial score (nSPS) is 22.1. The van der Waals surface area contributed by atoms with Gasteiger partial charge in [0.05, 0.1) is 30.2 Å². The Morgan fingerprint density at radius 2 is 1.66 bits per heavy atom. The standard InChI is InChI=1S/C33H49F3N6O3S2/c1-47(44,45)41-18-11-30-28(24-41)32(25-7-8-29(33(34,35)36)31(21-25)46-20-19-38-12-5-6-13-38)37-42(30)23-27(43)22-39-16-9-26(10-17-39)40-14-3-2-4-15-40/h7-8,21,26-27,43H,2-6,9-20,22-24H2,1H3. The Kier molecular flexibility index (Phi) is 11.3. The molecule has 4 aliphatic heterocycles. The molecule has 0 amide bonds. The van der Waals surface area contributed by atoms with Crippen LogP contribution >= 0.6 is 11.8 Å². The van der Waals surface area contributed by atoms with Gasteiger partial charge in [-0.3, -0.25) is 4.68 Å². The van der Waals surface area contributed by atoms with E-state index in [1.165, 1.54) is 60.7 Å². The van der Waals surface area contributed by atoms with Crippen LogP contribution < -0.4 is 0 Å². The molecule has 6 rings (SSSR count). The minimum Gasteiger partial charge on any atom is -0.390 e. The van der Waals surface area contributed by atoms with Gasteiger partial charge in [-0.2, -0.15) is 22.6 Å². The van der Waals surface area contributed by atoms with Crippen molar-refractivity contribution >= 4 is 21.8 Å². The van der Waals surface area contributed by atoms with Gasteiger partial charge in [0, 0.05) is 66.1 Å². The Morgan fingerprint density at radius 1 is 0.957 bits per heavy atom. The number of fused-ring (bicyclic) bond motifs is 1. The van der Waals surface area contributed by atoms with Crippen molar-refractivity contribution in [3.05, 3.63) is 35.0 Å². The first-order valence-corrected chi connectivity index (χ1v) is 20.0. The van der Waals surface area contributed by atoms with Crippen molar-refractivity contribution in [2.45, 2.75) is 87.7 Å². The van der Waals surface area contributed by atoms with Crippen LogP contribution in [0.5, 0.6) is 0 Å². The number of β-amino-alcohol motifs (C(OH)–C–C–N with tert-alkyl or cyclic N) is 1. The lowest BCUT2D eigenvalue weighted by atomic mass is 9.99. The number of aliphatic hydroxyl groups excluding tert-OH is 1. The lowest BCUT2D eigenvalue weighted by molar-refractivity contribution is -0.139. The average Bonchev–Trinajstić information content (AvgIpc) is 3.69. The predicted octanol–water partition coefficient (Wildman–Crippen LogP) is 4.39. The van der Waals surface area contributed by atoms with Gasteiger partial charge in [0.15, 0.2) is 0 Å². The van der Waals surface area contributed by atoms with E-state index in [0.717, 1.165) is 70.2 Å². The molecule has 9 nitrogen and oxygen atoms in total. The molecule has 5 heterocycles. The summed E-state index contributed by atoms with van der Waals surface area (Å²) < 4.78 is 70.4. The maximum atomic E-state index is 14.1. The Morgan fingerprint density at radius 3 is 2.34 bits per heavy atom. The van der Waals surface area contributed by atoms with Gasteiger partial charge in [-0.15, -0.1) is 11.8 Å². The topological polar surface area (TPSA) is 85.1 Å². The number of hydrogen-bond acceptors (Lipinski definition) is 8. The van der Waals surface area contributed by atoms with Crippen LogP contribution in [0.1, 0.15) is 61.8 Å². The van der Waals surface area contributed by atoms with Gasteiger partial charge in [-0.05, 0) is 89.9 Å². The molecule has 0 radical (unpaired) electrons. The van der Waals surface area contributed by atoms with Crippen molar-refractivity contribution in [3.63, 3.8) is 0 Å². The highest BCUT2D eigenvalue weighted by Gasteiger charge is 2.35. The third-order valence-electron chi connectivity index (χ3n) is 10.3. The van der Waals surface area contributed by atoms with Gasteiger partial charge in [0.25, 0.3) is 0 Å². The van der Waals surface area contributed by atoms with Crippen LogP contribution in [0.2, 0.25) is 0 Å². The van der Waals surface area contributed by atoms with E-state index in [0.29, 0.717) is 48.1 Å². The molecule has 0 spiro atoms. The Balaban J connectivity index is 1.20. The quantitative estimate of drug-likeness (QED) is 0.347. The zero-order valence-electron chi connectivity index (χ0n) is 27.4. The Labute approximate surface area is 281 Å². The molecule has 1 aromatic carbocycles. The van der Waals surface area contributed by atoms with E-state index >= 15 is 0 Å². The smallest absolute Gasteiger partial charge is 0.390 e. The van der Waals surface area contributed by atoms with Crippen molar-refractivity contribution in [2.75, 3.05) is 70.9 Å². The fraction of sp³-hybridized carbons (Fsp3) is 0.727. The zero-order valence-corrected chi connectivity index (χ0v) is 29.1. The number of likely N-dealkylation sites (tertiary alicyclic amines) is 3. The number of sulfonamides is 1. The SMILES string of the molecule is CS(=O)(=O)N1CCc2c(c(-c3ccc(C(F)(F)F)c(SCCN4CCCC4)c3)nn2CC(O)CN2CCC(N3CCCCC3)CC2)C1. The van der Waals surface area contributed by atoms with Crippen molar-refractivity contribution in [3.8, 4) is 11.3 Å². The Hall–Kier alpha value is -1.68. The first-order chi connectivity index (χ1) is 22.5. The first kappa shape index (κ1) is 35.2. The highest BCUT2D eigenvalue weighted by atomic mass is 32.2. The Bertz CT molecular complexity index is 1470. The number of piperidine rings is 2. The second-order valence-corrected chi connectivity index (χ2v) is 16.8. The minimum atomic E-state index is -4.49. The van der Waals surface area contributed by atoms with Crippen molar-refractivity contribution < 1.29 is 26.7 Å². The lowest BCUT2D eigenvalue weighted by Gasteiger charge is -2.40. The molecule has 262 valence electrons. The van der Waals surface area contributed by atoms with Gasteiger partial charge in [-0.25, -0.2) is 8.42 Å². The molecule has 3 saturated heterocycles. The monoisotopic (exact) mass is 698 g/mol. The molecule has 1 aromatic heterocycles. The van der Waals surface area contributed by atoms with E-state index in [1.54, 1.807) is 10.7 Å². The maximum Gasteiger partial charge on any atom is 0.417 e. The summed E-state index contributed by atoms with van der Waals surface area (Å²) in [7, 11) is -3.49. The minimum absolute atomic E-state index is 0.0993. The van der Waals surface area contributed by atoms with Gasteiger partial charge in [0.1, 0.15) is 0 Å². The van der Waals surface area contributed by atoms with Crippen molar-refractivity contribution in [1.29, 1.82) is 0 Å². The van der Waals surface area contributed by atoms with E-state index in [2.05, 4.69) is 14.7 Å². The summed E-state index contributed by atoms with van der Waals surface area (Å²) in [4.78, 5) is 7.38. The number of nitrogens with zero attached hydrogens (tertiary/aromatic N) is 6. The van der Waals surface area contributed by atoms with E-state index in [-0.39, 0.29) is 18.0 Å². The summed E-state index contributed by atoms with van der Waals surface area (Å²) >= 11 is 1.21. The van der Waals surface area contributed by atoms with Crippen LogP contribution in [0.4, 0.5) is 13.2 Å². The van der Waals surface area contributed by atoms with E-state index in [1.807, 2.05) is 0 Å². The molecule has 2 aromatic rings. The third-order valence-corrected chi connectivity index (χ3v) is 12.6. The fourth-order valence-corrected chi connectivity index (χ4v) is 9.66. The highest BCUT2D eigenvalue weighted by Crippen LogP contribution is 2.40. The molecule has 1 atom stereocenters. The van der Waals surface area contributed by atoms with Crippen LogP contribution in [-0.2, 0) is 35.7 Å².